The van der Waals surface area contributed by atoms with Crippen LogP contribution in [0, 0.1) is 0 Å². The Balaban J connectivity index is 1.59. The van der Waals surface area contributed by atoms with Gasteiger partial charge in [0.25, 0.3) is 0 Å². The predicted octanol–water partition coefficient (Wildman–Crippen LogP) is 1.39. The monoisotopic (exact) mass is 337 g/mol. The summed E-state index contributed by atoms with van der Waals surface area (Å²) in [5.74, 6) is -0.281. The second-order valence-corrected chi connectivity index (χ2v) is 6.25. The molecule has 2 saturated heterocycles. The van der Waals surface area contributed by atoms with Crippen molar-refractivity contribution >= 4 is 29.1 Å². The molecule has 124 valence electrons. The van der Waals surface area contributed by atoms with E-state index >= 15 is 0 Å². The first-order chi connectivity index (χ1) is 11.1. The first-order valence-corrected chi connectivity index (χ1v) is 8.18. The smallest absolute Gasteiger partial charge is 0.246 e. The van der Waals surface area contributed by atoms with Gasteiger partial charge in [-0.3, -0.25) is 14.5 Å². The lowest BCUT2D eigenvalue weighted by atomic mass is 10.1. The van der Waals surface area contributed by atoms with Gasteiger partial charge in [0.2, 0.25) is 11.8 Å². The van der Waals surface area contributed by atoms with Gasteiger partial charge in [-0.15, -0.1) is 0 Å². The molecule has 2 heterocycles. The van der Waals surface area contributed by atoms with Crippen molar-refractivity contribution in [1.82, 2.24) is 10.2 Å². The van der Waals surface area contributed by atoms with Crippen LogP contribution in [0.3, 0.4) is 0 Å². The van der Waals surface area contributed by atoms with Gasteiger partial charge in [0.1, 0.15) is 6.04 Å². The molecule has 0 bridgehead atoms. The molecular weight excluding hydrogens is 318 g/mol. The third-order valence-corrected chi connectivity index (χ3v) is 4.48. The summed E-state index contributed by atoms with van der Waals surface area (Å²) in [5, 5.41) is 6.09. The quantitative estimate of drug-likeness (QED) is 0.871. The molecular formula is C16H20ClN3O3. The number of amides is 2. The minimum atomic E-state index is -0.450. The van der Waals surface area contributed by atoms with E-state index in [4.69, 9.17) is 16.3 Å². The number of nitrogens with zero attached hydrogens (tertiary/aromatic N) is 1. The van der Waals surface area contributed by atoms with Gasteiger partial charge in [0, 0.05) is 36.8 Å². The first-order valence-electron chi connectivity index (χ1n) is 7.80. The highest BCUT2D eigenvalue weighted by Gasteiger charge is 2.27. The standard InChI is InChI=1S/C16H20ClN3O3/c17-13-9-12(18-16(22)14-3-4-15(21)19-14)2-1-11(13)10-20-5-7-23-8-6-20/h1-2,9,14H,3-8,10H2,(H,18,22)(H,19,21). The zero-order chi connectivity index (χ0) is 16.2. The van der Waals surface area contributed by atoms with Gasteiger partial charge in [-0.25, -0.2) is 0 Å². The highest BCUT2D eigenvalue weighted by molar-refractivity contribution is 6.31. The molecule has 2 fully saturated rings. The van der Waals surface area contributed by atoms with Gasteiger partial charge >= 0.3 is 0 Å². The fourth-order valence-electron chi connectivity index (χ4n) is 2.79. The largest absolute Gasteiger partial charge is 0.379 e. The maximum atomic E-state index is 12.1. The maximum absolute atomic E-state index is 12.1. The summed E-state index contributed by atoms with van der Waals surface area (Å²) < 4.78 is 5.33. The molecule has 2 amide bonds. The van der Waals surface area contributed by atoms with Crippen molar-refractivity contribution in [3.8, 4) is 0 Å². The number of benzene rings is 1. The number of hydrogen-bond acceptors (Lipinski definition) is 4. The van der Waals surface area contributed by atoms with E-state index in [-0.39, 0.29) is 11.8 Å². The molecule has 1 atom stereocenters. The molecule has 0 aromatic heterocycles. The third kappa shape index (κ3) is 4.22. The SMILES string of the molecule is O=C1CCC(C(=O)Nc2ccc(CN3CCOCC3)c(Cl)c2)N1. The van der Waals surface area contributed by atoms with Crippen molar-refractivity contribution in [3.63, 3.8) is 0 Å². The number of ether oxygens (including phenoxy) is 1. The molecule has 0 aliphatic carbocycles. The van der Waals surface area contributed by atoms with Crippen LogP contribution in [0.4, 0.5) is 5.69 Å². The van der Waals surface area contributed by atoms with Crippen molar-refractivity contribution in [2.75, 3.05) is 31.6 Å². The lowest BCUT2D eigenvalue weighted by molar-refractivity contribution is -0.122. The molecule has 3 rings (SSSR count). The van der Waals surface area contributed by atoms with Crippen LogP contribution >= 0.6 is 11.6 Å². The third-order valence-electron chi connectivity index (χ3n) is 4.13. The lowest BCUT2D eigenvalue weighted by Crippen LogP contribution is -2.37. The minimum Gasteiger partial charge on any atom is -0.379 e. The molecule has 0 radical (unpaired) electrons. The van der Waals surface area contributed by atoms with Crippen LogP contribution < -0.4 is 10.6 Å². The molecule has 2 N–H and O–H groups in total. The van der Waals surface area contributed by atoms with E-state index < -0.39 is 6.04 Å². The van der Waals surface area contributed by atoms with E-state index in [1.54, 1.807) is 6.07 Å². The summed E-state index contributed by atoms with van der Waals surface area (Å²) in [4.78, 5) is 25.5. The average Bonchev–Trinajstić information content (AvgIpc) is 2.98. The molecule has 1 aromatic carbocycles. The minimum absolute atomic E-state index is 0.0796. The summed E-state index contributed by atoms with van der Waals surface area (Å²) in [7, 11) is 0. The van der Waals surface area contributed by atoms with Crippen molar-refractivity contribution in [3.05, 3.63) is 28.8 Å². The van der Waals surface area contributed by atoms with Gasteiger partial charge < -0.3 is 15.4 Å². The van der Waals surface area contributed by atoms with E-state index in [2.05, 4.69) is 15.5 Å². The summed E-state index contributed by atoms with van der Waals surface area (Å²) in [6.45, 7) is 4.07. The number of hydrogen-bond donors (Lipinski definition) is 2. The van der Waals surface area contributed by atoms with Gasteiger partial charge in [0.15, 0.2) is 0 Å². The lowest BCUT2D eigenvalue weighted by Gasteiger charge is -2.27. The number of anilines is 1. The average molecular weight is 338 g/mol. The Morgan fingerprint density at radius 3 is 2.83 bits per heavy atom. The molecule has 0 saturated carbocycles. The highest BCUT2D eigenvalue weighted by atomic mass is 35.5. The Labute approximate surface area is 140 Å². The summed E-state index contributed by atoms with van der Waals surface area (Å²) in [5.41, 5.74) is 1.67. The number of halogens is 1. The topological polar surface area (TPSA) is 70.7 Å². The summed E-state index contributed by atoms with van der Waals surface area (Å²) in [6, 6.07) is 5.08. The molecule has 7 heteroatoms. The number of carbonyl (C=O) groups is 2. The molecule has 1 aromatic rings. The van der Waals surface area contributed by atoms with Crippen molar-refractivity contribution in [2.45, 2.75) is 25.4 Å². The van der Waals surface area contributed by atoms with E-state index in [0.717, 1.165) is 38.4 Å². The van der Waals surface area contributed by atoms with Crippen molar-refractivity contribution in [2.24, 2.45) is 0 Å². The fourth-order valence-corrected chi connectivity index (χ4v) is 3.03. The second-order valence-electron chi connectivity index (χ2n) is 5.84. The maximum Gasteiger partial charge on any atom is 0.246 e. The Morgan fingerprint density at radius 1 is 1.39 bits per heavy atom. The van der Waals surface area contributed by atoms with E-state index in [0.29, 0.717) is 23.6 Å². The fraction of sp³-hybridized carbons (Fsp3) is 0.500. The highest BCUT2D eigenvalue weighted by Crippen LogP contribution is 2.23. The van der Waals surface area contributed by atoms with Gasteiger partial charge in [0.05, 0.1) is 13.2 Å². The zero-order valence-corrected chi connectivity index (χ0v) is 13.6. The van der Waals surface area contributed by atoms with Crippen molar-refractivity contribution in [1.29, 1.82) is 0 Å². The van der Waals surface area contributed by atoms with Crippen LogP contribution in [0.1, 0.15) is 18.4 Å². The van der Waals surface area contributed by atoms with Gasteiger partial charge in [-0.2, -0.15) is 0 Å². The molecule has 2 aliphatic rings. The van der Waals surface area contributed by atoms with Gasteiger partial charge in [-0.05, 0) is 24.1 Å². The predicted molar refractivity (Wildman–Crippen MR) is 87.3 cm³/mol. The normalized spacial score (nSPS) is 22.0. The van der Waals surface area contributed by atoms with Crippen molar-refractivity contribution < 1.29 is 14.3 Å². The van der Waals surface area contributed by atoms with Crippen LogP contribution in [0.25, 0.3) is 0 Å². The molecule has 2 aliphatic heterocycles. The van der Waals surface area contributed by atoms with Crippen LogP contribution in [-0.2, 0) is 20.9 Å². The molecule has 6 nitrogen and oxygen atoms in total. The van der Waals surface area contributed by atoms with E-state index in [9.17, 15) is 9.59 Å². The summed E-state index contributed by atoms with van der Waals surface area (Å²) >= 11 is 6.34. The number of rotatable bonds is 4. The Morgan fingerprint density at radius 2 is 2.17 bits per heavy atom. The molecule has 23 heavy (non-hydrogen) atoms. The molecule has 0 spiro atoms. The van der Waals surface area contributed by atoms with Crippen LogP contribution in [0.5, 0.6) is 0 Å². The number of carbonyl (C=O) groups excluding carboxylic acids is 2. The van der Waals surface area contributed by atoms with E-state index in [1.807, 2.05) is 12.1 Å². The second kappa shape index (κ2) is 7.29. The number of morpholine rings is 1. The first kappa shape index (κ1) is 16.2. The van der Waals surface area contributed by atoms with Gasteiger partial charge in [-0.1, -0.05) is 17.7 Å². The van der Waals surface area contributed by atoms with Crippen LogP contribution in [-0.4, -0.2) is 49.1 Å². The molecule has 1 unspecified atom stereocenters. The zero-order valence-electron chi connectivity index (χ0n) is 12.8. The summed E-state index contributed by atoms with van der Waals surface area (Å²) in [6.07, 6.45) is 0.935. The van der Waals surface area contributed by atoms with Crippen LogP contribution in [0.2, 0.25) is 5.02 Å². The Hall–Kier alpha value is -1.63. The van der Waals surface area contributed by atoms with E-state index in [1.165, 1.54) is 0 Å². The Bertz CT molecular complexity index is 602. The van der Waals surface area contributed by atoms with Crippen LogP contribution in [0.15, 0.2) is 18.2 Å². The number of nitrogens with one attached hydrogen (secondary N) is 2. The Kier molecular flexibility index (Phi) is 5.15.